The summed E-state index contributed by atoms with van der Waals surface area (Å²) in [5.41, 5.74) is 3.07. The second kappa shape index (κ2) is 11.4. The molecule has 3 heteroatoms. The van der Waals surface area contributed by atoms with Gasteiger partial charge in [-0.05, 0) is 61.0 Å². The molecule has 0 heterocycles. The summed E-state index contributed by atoms with van der Waals surface area (Å²) in [7, 11) is 0. The average Bonchev–Trinajstić information content (AvgIpc) is 2.66. The third kappa shape index (κ3) is 6.92. The van der Waals surface area contributed by atoms with Crippen LogP contribution in [0.4, 0.5) is 10.1 Å². The Morgan fingerprint density at radius 2 is 1.54 bits per heavy atom. The molecule has 0 N–H and O–H groups in total. The standard InChI is InChI=1S/C23H24FNS/c1-2-3-4-5-6-7-8-19-9-11-20(12-10-19)13-14-21-15-16-23(25-18-26)22(24)17-21/h9-12,15-17H,2-8H2,1H3. The van der Waals surface area contributed by atoms with Crippen LogP contribution in [0.15, 0.2) is 47.5 Å². The number of hydrogen-bond donors (Lipinski definition) is 0. The Hall–Kier alpha value is -2.27. The second-order valence-electron chi connectivity index (χ2n) is 6.33. The van der Waals surface area contributed by atoms with Crippen LogP contribution in [0.1, 0.15) is 62.1 Å². The van der Waals surface area contributed by atoms with E-state index in [-0.39, 0.29) is 5.69 Å². The van der Waals surface area contributed by atoms with E-state index in [1.807, 2.05) is 12.1 Å². The van der Waals surface area contributed by atoms with Gasteiger partial charge in [0.1, 0.15) is 5.69 Å². The molecule has 2 aromatic rings. The van der Waals surface area contributed by atoms with E-state index in [1.54, 1.807) is 12.1 Å². The summed E-state index contributed by atoms with van der Waals surface area (Å²) in [6.07, 6.45) is 8.99. The fourth-order valence-corrected chi connectivity index (χ4v) is 2.83. The molecule has 134 valence electrons. The molecule has 0 spiro atoms. The first-order valence-electron chi connectivity index (χ1n) is 9.21. The second-order valence-corrected chi connectivity index (χ2v) is 6.52. The minimum Gasteiger partial charge on any atom is -0.205 e. The molecule has 26 heavy (non-hydrogen) atoms. The Kier molecular flexibility index (Phi) is 8.76. The van der Waals surface area contributed by atoms with Crippen LogP contribution in [0.3, 0.4) is 0 Å². The van der Waals surface area contributed by atoms with Crippen molar-refractivity contribution in [2.75, 3.05) is 0 Å². The molecule has 0 bridgehead atoms. The first-order valence-corrected chi connectivity index (χ1v) is 9.62. The minimum absolute atomic E-state index is 0.185. The smallest absolute Gasteiger partial charge is 0.150 e. The summed E-state index contributed by atoms with van der Waals surface area (Å²) in [5, 5.41) is 2.17. The van der Waals surface area contributed by atoms with Crippen molar-refractivity contribution in [3.05, 3.63) is 65.0 Å². The van der Waals surface area contributed by atoms with Crippen molar-refractivity contribution in [3.8, 4) is 11.8 Å². The maximum Gasteiger partial charge on any atom is 0.150 e. The number of halogens is 1. The lowest BCUT2D eigenvalue weighted by atomic mass is 10.0. The molecular weight excluding hydrogens is 341 g/mol. The molecule has 1 nitrogen and oxygen atoms in total. The van der Waals surface area contributed by atoms with Gasteiger partial charge < -0.3 is 0 Å². The van der Waals surface area contributed by atoms with Gasteiger partial charge in [-0.15, -0.1) is 0 Å². The van der Waals surface area contributed by atoms with Gasteiger partial charge in [0.15, 0.2) is 5.82 Å². The molecule has 0 atom stereocenters. The van der Waals surface area contributed by atoms with E-state index in [9.17, 15) is 4.39 Å². The summed E-state index contributed by atoms with van der Waals surface area (Å²) in [6, 6.07) is 13.0. The molecule has 0 radical (unpaired) electrons. The van der Waals surface area contributed by atoms with Crippen molar-refractivity contribution >= 4 is 23.1 Å². The Morgan fingerprint density at radius 3 is 2.23 bits per heavy atom. The molecule has 0 unspecified atom stereocenters. The van der Waals surface area contributed by atoms with Gasteiger partial charge in [0, 0.05) is 11.1 Å². The Bertz CT molecular complexity index is 808. The number of thiocarbonyl (C=S) groups is 1. The number of nitrogens with zero attached hydrogens (tertiary/aromatic N) is 1. The molecule has 0 aliphatic rings. The van der Waals surface area contributed by atoms with Gasteiger partial charge in [-0.3, -0.25) is 0 Å². The van der Waals surface area contributed by atoms with E-state index >= 15 is 0 Å². The van der Waals surface area contributed by atoms with E-state index in [4.69, 9.17) is 0 Å². The average molecular weight is 366 g/mol. The monoisotopic (exact) mass is 365 g/mol. The van der Waals surface area contributed by atoms with E-state index in [0.717, 1.165) is 12.0 Å². The fourth-order valence-electron chi connectivity index (χ4n) is 2.73. The van der Waals surface area contributed by atoms with Gasteiger partial charge in [-0.25, -0.2) is 4.39 Å². The summed E-state index contributed by atoms with van der Waals surface area (Å²) in [4.78, 5) is 3.66. The maximum atomic E-state index is 13.8. The summed E-state index contributed by atoms with van der Waals surface area (Å²) >= 11 is 4.49. The summed E-state index contributed by atoms with van der Waals surface area (Å²) < 4.78 is 13.8. The predicted octanol–water partition coefficient (Wildman–Crippen LogP) is 6.86. The van der Waals surface area contributed by atoms with Gasteiger partial charge in [0.25, 0.3) is 0 Å². The molecule has 0 aromatic heterocycles. The molecule has 2 rings (SSSR count). The van der Waals surface area contributed by atoms with Crippen molar-refractivity contribution in [2.45, 2.75) is 51.9 Å². The van der Waals surface area contributed by atoms with Gasteiger partial charge in [-0.1, -0.05) is 63.0 Å². The normalized spacial score (nSPS) is 9.92. The van der Waals surface area contributed by atoms with Crippen LogP contribution in [-0.4, -0.2) is 5.16 Å². The predicted molar refractivity (Wildman–Crippen MR) is 111 cm³/mol. The number of unbranched alkanes of at least 4 members (excludes halogenated alkanes) is 5. The Morgan fingerprint density at radius 1 is 0.885 bits per heavy atom. The highest BCUT2D eigenvalue weighted by Gasteiger charge is 2.00. The number of isothiocyanates is 1. The molecule has 0 fully saturated rings. The lowest BCUT2D eigenvalue weighted by Gasteiger charge is -2.02. The largest absolute Gasteiger partial charge is 0.205 e. The summed E-state index contributed by atoms with van der Waals surface area (Å²) in [5.74, 6) is 5.62. The first kappa shape index (κ1) is 20.0. The molecule has 2 aromatic carbocycles. The van der Waals surface area contributed by atoms with Crippen LogP contribution in [0.25, 0.3) is 0 Å². The highest BCUT2D eigenvalue weighted by Crippen LogP contribution is 2.18. The van der Waals surface area contributed by atoms with Gasteiger partial charge in [0.2, 0.25) is 0 Å². The molecule has 0 saturated heterocycles. The number of hydrogen-bond acceptors (Lipinski definition) is 2. The van der Waals surface area contributed by atoms with E-state index in [2.05, 4.69) is 53.3 Å². The maximum absolute atomic E-state index is 13.8. The lowest BCUT2D eigenvalue weighted by Crippen LogP contribution is -1.87. The third-order valence-electron chi connectivity index (χ3n) is 4.24. The van der Waals surface area contributed by atoms with Crippen LogP contribution in [-0.2, 0) is 6.42 Å². The van der Waals surface area contributed by atoms with E-state index in [1.165, 1.54) is 50.2 Å². The first-order chi connectivity index (χ1) is 12.7. The van der Waals surface area contributed by atoms with Crippen LogP contribution < -0.4 is 0 Å². The lowest BCUT2D eigenvalue weighted by molar-refractivity contribution is 0.607. The highest BCUT2D eigenvalue weighted by atomic mass is 32.1. The molecule has 0 amide bonds. The van der Waals surface area contributed by atoms with E-state index in [0.29, 0.717) is 5.56 Å². The van der Waals surface area contributed by atoms with Crippen molar-refractivity contribution in [3.63, 3.8) is 0 Å². The number of aryl methyl sites for hydroxylation is 1. The minimum atomic E-state index is -0.441. The van der Waals surface area contributed by atoms with Gasteiger partial charge in [0.05, 0.1) is 5.16 Å². The Labute approximate surface area is 161 Å². The van der Waals surface area contributed by atoms with Gasteiger partial charge >= 0.3 is 0 Å². The van der Waals surface area contributed by atoms with Crippen molar-refractivity contribution < 1.29 is 4.39 Å². The zero-order valence-electron chi connectivity index (χ0n) is 15.2. The number of aliphatic imine (C=N–C) groups is 1. The van der Waals surface area contributed by atoms with Crippen LogP contribution in [0.5, 0.6) is 0 Å². The van der Waals surface area contributed by atoms with Gasteiger partial charge in [-0.2, -0.15) is 4.99 Å². The quantitative estimate of drug-likeness (QED) is 0.215. The molecule has 0 saturated carbocycles. The van der Waals surface area contributed by atoms with Crippen LogP contribution in [0.2, 0.25) is 0 Å². The van der Waals surface area contributed by atoms with Crippen molar-refractivity contribution in [1.82, 2.24) is 0 Å². The van der Waals surface area contributed by atoms with E-state index < -0.39 is 5.82 Å². The summed E-state index contributed by atoms with van der Waals surface area (Å²) in [6.45, 7) is 2.24. The number of benzene rings is 2. The number of rotatable bonds is 8. The van der Waals surface area contributed by atoms with Crippen LogP contribution >= 0.6 is 12.2 Å². The molecule has 0 aliphatic carbocycles. The van der Waals surface area contributed by atoms with Crippen molar-refractivity contribution in [1.29, 1.82) is 0 Å². The van der Waals surface area contributed by atoms with Crippen LogP contribution in [0, 0.1) is 17.7 Å². The fraction of sp³-hybridized carbons (Fsp3) is 0.348. The zero-order valence-corrected chi connectivity index (χ0v) is 16.0. The van der Waals surface area contributed by atoms with Crippen molar-refractivity contribution in [2.24, 2.45) is 4.99 Å². The zero-order chi connectivity index (χ0) is 18.6. The Balaban J connectivity index is 1.88. The molecule has 0 aliphatic heterocycles. The highest BCUT2D eigenvalue weighted by molar-refractivity contribution is 7.78. The SMILES string of the molecule is CCCCCCCCc1ccc(C#Cc2ccc(N=C=S)c(F)c2)cc1. The third-order valence-corrected chi connectivity index (χ3v) is 4.33. The topological polar surface area (TPSA) is 12.4 Å². The molecular formula is C23H24FNS.